The van der Waals surface area contributed by atoms with Gasteiger partial charge in [0.05, 0.1) is 16.7 Å². The van der Waals surface area contributed by atoms with Gasteiger partial charge in [-0.05, 0) is 87.1 Å². The average molecular weight is 618 g/mol. The molecule has 3 nitrogen and oxygen atoms in total. The lowest BCUT2D eigenvalue weighted by Gasteiger charge is -2.13. The Morgan fingerprint density at radius 1 is 0.729 bits per heavy atom. The Balaban J connectivity index is 1.35. The van der Waals surface area contributed by atoms with E-state index in [4.69, 9.17) is 9.97 Å². The molecule has 0 aliphatic heterocycles. The molecule has 0 atom stereocenters. The molecular formula is C45H35N3. The molecule has 0 saturated carbocycles. The van der Waals surface area contributed by atoms with E-state index in [0.29, 0.717) is 5.82 Å². The molecule has 2 aromatic heterocycles. The fourth-order valence-corrected chi connectivity index (χ4v) is 6.02. The van der Waals surface area contributed by atoms with E-state index in [2.05, 4.69) is 152 Å². The molecule has 0 radical (unpaired) electrons. The Kier molecular flexibility index (Phi) is 8.93. The number of rotatable bonds is 8. The van der Waals surface area contributed by atoms with Gasteiger partial charge in [-0.15, -0.1) is 0 Å². The van der Waals surface area contributed by atoms with Crippen LogP contribution in [0.5, 0.6) is 0 Å². The third kappa shape index (κ3) is 6.67. The summed E-state index contributed by atoms with van der Waals surface area (Å²) in [6.45, 7) is 6.15. The van der Waals surface area contributed by atoms with Gasteiger partial charge in [0.25, 0.3) is 0 Å². The Bertz CT molecular complexity index is 2450. The number of pyridine rings is 1. The minimum absolute atomic E-state index is 0.702. The zero-order chi connectivity index (χ0) is 32.7. The summed E-state index contributed by atoms with van der Waals surface area (Å²) in [6.07, 6.45) is 15.2. The Morgan fingerprint density at radius 2 is 1.52 bits per heavy atom. The lowest BCUT2D eigenvalue weighted by Crippen LogP contribution is -2.25. The molecule has 48 heavy (non-hydrogen) atoms. The van der Waals surface area contributed by atoms with Crippen molar-refractivity contribution in [3.05, 3.63) is 185 Å². The number of nitrogens with zero attached hydrogens (tertiary/aromatic N) is 3. The van der Waals surface area contributed by atoms with Crippen molar-refractivity contribution in [3.63, 3.8) is 0 Å². The van der Waals surface area contributed by atoms with E-state index in [1.165, 1.54) is 16.3 Å². The summed E-state index contributed by atoms with van der Waals surface area (Å²) in [5.74, 6) is 0.702. The maximum atomic E-state index is 5.24. The SMILES string of the molecule is C=c1cccn/c1=C/C=C/c1cccc(-c2cc(C(/C=C\Cc3ccccc3)=C/C)nc(-c3cc4ccccc4c4ccccc34)n2)c1. The minimum Gasteiger partial charge on any atom is -0.256 e. The first-order valence-electron chi connectivity index (χ1n) is 16.2. The summed E-state index contributed by atoms with van der Waals surface area (Å²) in [4.78, 5) is 14.9. The zero-order valence-electron chi connectivity index (χ0n) is 26.9. The topological polar surface area (TPSA) is 38.7 Å². The first kappa shape index (κ1) is 30.5. The van der Waals surface area contributed by atoms with E-state index in [-0.39, 0.29) is 0 Å². The molecule has 7 rings (SSSR count). The third-order valence-electron chi connectivity index (χ3n) is 8.49. The van der Waals surface area contributed by atoms with Crippen LogP contribution in [0.2, 0.25) is 0 Å². The van der Waals surface area contributed by atoms with Crippen molar-refractivity contribution >= 4 is 45.8 Å². The number of fused-ring (bicyclic) bond motifs is 3. The van der Waals surface area contributed by atoms with Crippen molar-refractivity contribution in [3.8, 4) is 22.6 Å². The summed E-state index contributed by atoms with van der Waals surface area (Å²) in [5, 5.41) is 6.47. The van der Waals surface area contributed by atoms with Crippen LogP contribution < -0.4 is 10.6 Å². The summed E-state index contributed by atoms with van der Waals surface area (Å²) in [7, 11) is 0. The highest BCUT2D eigenvalue weighted by Gasteiger charge is 2.15. The predicted octanol–water partition coefficient (Wildman–Crippen LogP) is 9.62. The van der Waals surface area contributed by atoms with Crippen LogP contribution in [0, 0.1) is 0 Å². The fourth-order valence-electron chi connectivity index (χ4n) is 6.02. The molecule has 0 bridgehead atoms. The summed E-state index contributed by atoms with van der Waals surface area (Å²) >= 11 is 0. The molecule has 230 valence electrons. The van der Waals surface area contributed by atoms with Gasteiger partial charge in [0.15, 0.2) is 5.82 Å². The van der Waals surface area contributed by atoms with Crippen molar-refractivity contribution in [2.45, 2.75) is 13.3 Å². The highest BCUT2D eigenvalue weighted by molar-refractivity contribution is 6.13. The second kappa shape index (κ2) is 14.1. The monoisotopic (exact) mass is 617 g/mol. The maximum Gasteiger partial charge on any atom is 0.161 e. The molecule has 0 fully saturated rings. The van der Waals surface area contributed by atoms with Gasteiger partial charge < -0.3 is 0 Å². The van der Waals surface area contributed by atoms with Crippen LogP contribution in [-0.2, 0) is 6.42 Å². The van der Waals surface area contributed by atoms with E-state index >= 15 is 0 Å². The van der Waals surface area contributed by atoms with Crippen molar-refractivity contribution in [1.29, 1.82) is 0 Å². The standard InChI is InChI=1S/C45H35N3/c1-3-35(22-11-18-33-16-5-4-6-17-33)43-31-44(37-23-12-19-34(29-37)20-13-27-42-32(2)15-14-28-46-42)48-45(47-43)41-30-36-21-7-8-24-38(36)39-25-9-10-26-40(39)41/h3-17,19-31H,2,18H2,1H3/b20-13+,22-11-,35-3+,42-27+. The fraction of sp³-hybridized carbons (Fsp3) is 0.0444. The van der Waals surface area contributed by atoms with Crippen molar-refractivity contribution in [2.75, 3.05) is 0 Å². The molecule has 7 aromatic rings. The average Bonchev–Trinajstić information content (AvgIpc) is 3.14. The van der Waals surface area contributed by atoms with Gasteiger partial charge in [0.2, 0.25) is 0 Å². The largest absolute Gasteiger partial charge is 0.256 e. The number of hydrogen-bond acceptors (Lipinski definition) is 3. The van der Waals surface area contributed by atoms with E-state index in [1.54, 1.807) is 6.20 Å². The van der Waals surface area contributed by atoms with Crippen LogP contribution in [-0.4, -0.2) is 15.0 Å². The van der Waals surface area contributed by atoms with Gasteiger partial charge >= 0.3 is 0 Å². The third-order valence-corrected chi connectivity index (χ3v) is 8.49. The molecular weight excluding hydrogens is 583 g/mol. The van der Waals surface area contributed by atoms with Crippen LogP contribution in [0.4, 0.5) is 0 Å². The highest BCUT2D eigenvalue weighted by atomic mass is 14.9. The van der Waals surface area contributed by atoms with Gasteiger partial charge in [0.1, 0.15) is 0 Å². The lowest BCUT2D eigenvalue weighted by atomic mass is 9.96. The first-order valence-corrected chi connectivity index (χ1v) is 16.2. The van der Waals surface area contributed by atoms with Crippen LogP contribution in [0.15, 0.2) is 158 Å². The van der Waals surface area contributed by atoms with Gasteiger partial charge in [-0.1, -0.05) is 140 Å². The van der Waals surface area contributed by atoms with Gasteiger partial charge in [-0.3, -0.25) is 4.98 Å². The van der Waals surface area contributed by atoms with Gasteiger partial charge in [-0.25, -0.2) is 9.97 Å². The van der Waals surface area contributed by atoms with E-state index < -0.39 is 0 Å². The molecule has 2 heterocycles. The normalized spacial score (nSPS) is 12.5. The van der Waals surface area contributed by atoms with Crippen LogP contribution in [0.1, 0.15) is 23.7 Å². The van der Waals surface area contributed by atoms with Crippen molar-refractivity contribution in [2.24, 2.45) is 0 Å². The van der Waals surface area contributed by atoms with Gasteiger partial charge in [-0.2, -0.15) is 0 Å². The Hall–Kier alpha value is -6.19. The highest BCUT2D eigenvalue weighted by Crippen LogP contribution is 2.35. The quantitative estimate of drug-likeness (QED) is 0.126. The van der Waals surface area contributed by atoms with Crippen LogP contribution in [0.25, 0.3) is 68.5 Å². The van der Waals surface area contributed by atoms with Crippen LogP contribution >= 0.6 is 0 Å². The second-order valence-electron chi connectivity index (χ2n) is 11.7. The molecule has 0 unspecified atom stereocenters. The first-order chi connectivity index (χ1) is 23.7. The maximum absolute atomic E-state index is 5.24. The number of aromatic nitrogens is 3. The van der Waals surface area contributed by atoms with E-state index in [1.807, 2.05) is 30.4 Å². The van der Waals surface area contributed by atoms with Crippen molar-refractivity contribution < 1.29 is 0 Å². The molecule has 0 amide bonds. The molecule has 0 saturated heterocycles. The predicted molar refractivity (Wildman–Crippen MR) is 203 cm³/mol. The minimum atomic E-state index is 0.702. The number of hydrogen-bond donors (Lipinski definition) is 0. The summed E-state index contributed by atoms with van der Waals surface area (Å²) in [5.41, 5.74) is 7.17. The number of benzene rings is 5. The molecule has 0 N–H and O–H groups in total. The molecule has 0 aliphatic rings. The van der Waals surface area contributed by atoms with E-state index in [0.717, 1.165) is 61.4 Å². The Morgan fingerprint density at radius 3 is 2.35 bits per heavy atom. The smallest absolute Gasteiger partial charge is 0.161 e. The Labute approximate surface area is 281 Å². The van der Waals surface area contributed by atoms with E-state index in [9.17, 15) is 0 Å². The molecule has 3 heteroatoms. The molecule has 0 aliphatic carbocycles. The zero-order valence-corrected chi connectivity index (χ0v) is 26.9. The number of allylic oxidation sites excluding steroid dienone is 5. The van der Waals surface area contributed by atoms with Crippen LogP contribution in [0.3, 0.4) is 0 Å². The summed E-state index contributed by atoms with van der Waals surface area (Å²) < 4.78 is 0. The lowest BCUT2D eigenvalue weighted by molar-refractivity contribution is 1.16. The second-order valence-corrected chi connectivity index (χ2v) is 11.7. The summed E-state index contributed by atoms with van der Waals surface area (Å²) in [6, 6.07) is 44.2. The van der Waals surface area contributed by atoms with Gasteiger partial charge in [0, 0.05) is 17.3 Å². The molecule has 0 spiro atoms. The van der Waals surface area contributed by atoms with Crippen molar-refractivity contribution in [1.82, 2.24) is 15.0 Å². The molecule has 5 aromatic carbocycles.